The molecule has 3 nitrogen and oxygen atoms in total. The Balaban J connectivity index is 2.52. The first-order chi connectivity index (χ1) is 10.0. The molecule has 0 aliphatic rings. The van der Waals surface area contributed by atoms with Gasteiger partial charge in [-0.05, 0) is 54.7 Å². The van der Waals surface area contributed by atoms with Gasteiger partial charge in [0.25, 0.3) is 0 Å². The van der Waals surface area contributed by atoms with Gasteiger partial charge in [-0.3, -0.25) is 9.98 Å². The van der Waals surface area contributed by atoms with E-state index in [9.17, 15) is 5.11 Å². The van der Waals surface area contributed by atoms with Crippen LogP contribution in [-0.2, 0) is 5.60 Å². The Morgan fingerprint density at radius 2 is 1.14 bits per heavy atom. The highest BCUT2D eigenvalue weighted by Crippen LogP contribution is 2.37. The van der Waals surface area contributed by atoms with Crippen molar-refractivity contribution in [2.24, 2.45) is 15.9 Å². The van der Waals surface area contributed by atoms with Crippen molar-refractivity contribution in [3.63, 3.8) is 0 Å². The quantitative estimate of drug-likeness (QED) is 0.818. The molecule has 2 aromatic rings. The Labute approximate surface area is 125 Å². The van der Waals surface area contributed by atoms with Crippen molar-refractivity contribution in [1.82, 2.24) is 0 Å². The van der Waals surface area contributed by atoms with Gasteiger partial charge in [0.05, 0.1) is 11.4 Å². The number of hydrogen-bond acceptors (Lipinski definition) is 3. The second-order valence-corrected chi connectivity index (χ2v) is 5.33. The summed E-state index contributed by atoms with van der Waals surface area (Å²) < 4.78 is 0. The van der Waals surface area contributed by atoms with E-state index in [0.29, 0.717) is 0 Å². The Kier molecular flexibility index (Phi) is 4.34. The van der Waals surface area contributed by atoms with Gasteiger partial charge in [-0.1, -0.05) is 38.1 Å². The average Bonchev–Trinajstić information content (AvgIpc) is 2.54. The zero-order valence-electron chi connectivity index (χ0n) is 12.5. The van der Waals surface area contributed by atoms with E-state index < -0.39 is 5.60 Å². The molecule has 0 aliphatic heterocycles. The number of benzene rings is 2. The third-order valence-corrected chi connectivity index (χ3v) is 3.82. The largest absolute Gasteiger partial charge is 0.380 e. The molecule has 0 unspecified atom stereocenters. The number of rotatable bonds is 5. The van der Waals surface area contributed by atoms with Gasteiger partial charge in [-0.2, -0.15) is 0 Å². The zero-order chi connectivity index (χ0) is 15.5. The molecule has 21 heavy (non-hydrogen) atoms. The van der Waals surface area contributed by atoms with Crippen LogP contribution in [0.15, 0.2) is 58.5 Å². The van der Waals surface area contributed by atoms with Crippen LogP contribution in [0.3, 0.4) is 0 Å². The maximum absolute atomic E-state index is 11.3. The van der Waals surface area contributed by atoms with E-state index in [1.807, 2.05) is 62.4 Å². The first kappa shape index (κ1) is 15.1. The minimum absolute atomic E-state index is 0.0163. The molecule has 1 N–H and O–H groups in total. The van der Waals surface area contributed by atoms with Crippen LogP contribution >= 0.6 is 0 Å². The summed E-state index contributed by atoms with van der Waals surface area (Å²) in [6.45, 7) is 11.0. The van der Waals surface area contributed by atoms with Crippen LogP contribution in [0.4, 0.5) is 11.4 Å². The maximum atomic E-state index is 11.3. The summed E-state index contributed by atoms with van der Waals surface area (Å²) in [4.78, 5) is 7.77. The molecular weight excluding hydrogens is 260 g/mol. The Hall–Kier alpha value is -2.26. The van der Waals surface area contributed by atoms with Crippen molar-refractivity contribution >= 4 is 24.8 Å². The normalized spacial score (nSPS) is 11.4. The lowest BCUT2D eigenvalue weighted by molar-refractivity contribution is 0.0318. The SMILES string of the molecule is C=Nc1ccc(C(O)(c2ccc(N=C)cc2)C(C)C)cc1. The predicted molar refractivity (Wildman–Crippen MR) is 89.1 cm³/mol. The van der Waals surface area contributed by atoms with Crippen LogP contribution < -0.4 is 0 Å². The number of hydrogen-bond donors (Lipinski definition) is 1. The second-order valence-electron chi connectivity index (χ2n) is 5.33. The molecule has 0 spiro atoms. The molecule has 0 heterocycles. The minimum Gasteiger partial charge on any atom is -0.380 e. The van der Waals surface area contributed by atoms with E-state index in [4.69, 9.17) is 0 Å². The van der Waals surface area contributed by atoms with Crippen molar-refractivity contribution in [3.05, 3.63) is 59.7 Å². The maximum Gasteiger partial charge on any atom is 0.117 e. The smallest absolute Gasteiger partial charge is 0.117 e. The number of aliphatic hydroxyl groups is 1. The van der Waals surface area contributed by atoms with Crippen LogP contribution in [-0.4, -0.2) is 18.5 Å². The van der Waals surface area contributed by atoms with E-state index in [1.165, 1.54) is 0 Å². The summed E-state index contributed by atoms with van der Waals surface area (Å²) in [6.07, 6.45) is 0. The molecule has 2 rings (SSSR count). The topological polar surface area (TPSA) is 45.0 Å². The summed E-state index contributed by atoms with van der Waals surface area (Å²) in [6, 6.07) is 15.0. The molecule has 0 fully saturated rings. The highest BCUT2D eigenvalue weighted by atomic mass is 16.3. The molecule has 0 radical (unpaired) electrons. The third kappa shape index (κ3) is 2.78. The van der Waals surface area contributed by atoms with Crippen molar-refractivity contribution in [2.75, 3.05) is 0 Å². The third-order valence-electron chi connectivity index (χ3n) is 3.82. The first-order valence-electron chi connectivity index (χ1n) is 6.89. The average molecular weight is 280 g/mol. The molecule has 0 aliphatic carbocycles. The minimum atomic E-state index is -1.06. The Morgan fingerprint density at radius 3 is 1.38 bits per heavy atom. The first-order valence-corrected chi connectivity index (χ1v) is 6.89. The van der Waals surface area contributed by atoms with Gasteiger partial charge in [0.2, 0.25) is 0 Å². The van der Waals surface area contributed by atoms with Crippen molar-refractivity contribution in [2.45, 2.75) is 19.4 Å². The van der Waals surface area contributed by atoms with Crippen LogP contribution in [0.25, 0.3) is 0 Å². The summed E-state index contributed by atoms with van der Waals surface area (Å²) >= 11 is 0. The predicted octanol–water partition coefficient (Wildman–Crippen LogP) is 4.24. The Morgan fingerprint density at radius 1 is 0.810 bits per heavy atom. The van der Waals surface area contributed by atoms with Gasteiger partial charge in [-0.15, -0.1) is 0 Å². The van der Waals surface area contributed by atoms with Gasteiger partial charge in [-0.25, -0.2) is 0 Å². The fourth-order valence-corrected chi connectivity index (χ4v) is 2.48. The zero-order valence-corrected chi connectivity index (χ0v) is 12.5. The van der Waals surface area contributed by atoms with Crippen LogP contribution in [0.5, 0.6) is 0 Å². The molecule has 0 atom stereocenters. The van der Waals surface area contributed by atoms with E-state index >= 15 is 0 Å². The standard InChI is InChI=1S/C18H20N2O/c1-13(2)18(21,14-5-9-16(19-3)10-6-14)15-7-11-17(20-4)12-8-15/h5-13,21H,3-4H2,1-2H3. The molecule has 0 aromatic heterocycles. The van der Waals surface area contributed by atoms with Gasteiger partial charge < -0.3 is 5.11 Å². The van der Waals surface area contributed by atoms with Gasteiger partial charge in [0.1, 0.15) is 5.60 Å². The summed E-state index contributed by atoms with van der Waals surface area (Å²) in [5.41, 5.74) is 2.19. The highest BCUT2D eigenvalue weighted by molar-refractivity contribution is 5.51. The van der Waals surface area contributed by atoms with Crippen molar-refractivity contribution < 1.29 is 5.11 Å². The lowest BCUT2D eigenvalue weighted by Gasteiger charge is -2.33. The molecule has 108 valence electrons. The van der Waals surface area contributed by atoms with E-state index in [0.717, 1.165) is 22.5 Å². The molecule has 0 amide bonds. The molecule has 0 bridgehead atoms. The highest BCUT2D eigenvalue weighted by Gasteiger charge is 2.35. The van der Waals surface area contributed by atoms with Gasteiger partial charge >= 0.3 is 0 Å². The molecule has 2 aromatic carbocycles. The lowest BCUT2D eigenvalue weighted by Crippen LogP contribution is -2.33. The van der Waals surface area contributed by atoms with E-state index in [1.54, 1.807) is 0 Å². The Bertz CT molecular complexity index is 576. The number of aliphatic imine (C=N–C) groups is 2. The molecule has 3 heteroatoms. The van der Waals surface area contributed by atoms with E-state index in [2.05, 4.69) is 23.4 Å². The van der Waals surface area contributed by atoms with Crippen molar-refractivity contribution in [3.8, 4) is 0 Å². The summed E-state index contributed by atoms with van der Waals surface area (Å²) in [5.74, 6) is 0.0163. The summed E-state index contributed by atoms with van der Waals surface area (Å²) in [7, 11) is 0. The number of nitrogens with zero attached hydrogens (tertiary/aromatic N) is 2. The van der Waals surface area contributed by atoms with Crippen LogP contribution in [0.1, 0.15) is 25.0 Å². The fourth-order valence-electron chi connectivity index (χ4n) is 2.48. The molecular formula is C18H20N2O. The summed E-state index contributed by atoms with van der Waals surface area (Å²) in [5, 5.41) is 11.3. The molecule has 0 saturated carbocycles. The van der Waals surface area contributed by atoms with Crippen LogP contribution in [0.2, 0.25) is 0 Å². The monoisotopic (exact) mass is 280 g/mol. The van der Waals surface area contributed by atoms with Crippen LogP contribution in [0, 0.1) is 5.92 Å². The van der Waals surface area contributed by atoms with E-state index in [-0.39, 0.29) is 5.92 Å². The van der Waals surface area contributed by atoms with Crippen molar-refractivity contribution in [1.29, 1.82) is 0 Å². The fraction of sp³-hybridized carbons (Fsp3) is 0.222. The van der Waals surface area contributed by atoms with Gasteiger partial charge in [0.15, 0.2) is 0 Å². The lowest BCUT2D eigenvalue weighted by atomic mass is 9.78. The second kappa shape index (κ2) is 6.02. The van der Waals surface area contributed by atoms with Gasteiger partial charge in [0, 0.05) is 0 Å². The molecule has 0 saturated heterocycles.